The zero-order valence-electron chi connectivity index (χ0n) is 14.1. The summed E-state index contributed by atoms with van der Waals surface area (Å²) < 4.78 is 7.44. The molecule has 0 atom stereocenters. The zero-order valence-corrected chi connectivity index (χ0v) is 14.9. The normalized spacial score (nSPS) is 11.2. The summed E-state index contributed by atoms with van der Waals surface area (Å²) in [5.74, 6) is 0.641. The monoisotopic (exact) mass is 365 g/mol. The van der Waals surface area contributed by atoms with Gasteiger partial charge in [-0.05, 0) is 42.8 Å². The molecule has 0 aliphatic heterocycles. The summed E-state index contributed by atoms with van der Waals surface area (Å²) in [7, 11) is 0. The summed E-state index contributed by atoms with van der Waals surface area (Å²) in [6.45, 7) is 2.89. The minimum Gasteiger partial charge on any atom is -0.346 e. The van der Waals surface area contributed by atoms with Crippen LogP contribution < -0.4 is 5.43 Å². The van der Waals surface area contributed by atoms with Crippen molar-refractivity contribution in [2.24, 2.45) is 0 Å². The lowest BCUT2D eigenvalue weighted by atomic mass is 10.1. The molecule has 2 aromatic carbocycles. The standard InChI is InChI=1S/C20H16ClN3O2/c1-2-11-24-12-16(18(25)15-5-3-4-6-17(15)24)20-22-19(23-26-20)13-7-9-14(21)10-8-13/h3-10,12H,2,11H2,1H3. The fourth-order valence-corrected chi connectivity index (χ4v) is 3.10. The van der Waals surface area contributed by atoms with Crippen molar-refractivity contribution in [3.05, 3.63) is 70.0 Å². The molecule has 4 rings (SSSR count). The third-order valence-corrected chi connectivity index (χ3v) is 4.46. The van der Waals surface area contributed by atoms with Crippen LogP contribution in [0.2, 0.25) is 5.02 Å². The SMILES string of the molecule is CCCn1cc(-c2nc(-c3ccc(Cl)cc3)no2)c(=O)c2ccccc21. The van der Waals surface area contributed by atoms with Crippen LogP contribution in [0.15, 0.2) is 64.0 Å². The lowest BCUT2D eigenvalue weighted by Gasteiger charge is -2.10. The maximum absolute atomic E-state index is 12.9. The van der Waals surface area contributed by atoms with Crippen LogP contribution in [-0.2, 0) is 6.54 Å². The fourth-order valence-electron chi connectivity index (χ4n) is 2.97. The summed E-state index contributed by atoms with van der Waals surface area (Å²) in [5.41, 5.74) is 1.98. The van der Waals surface area contributed by atoms with Crippen LogP contribution in [0.1, 0.15) is 13.3 Å². The molecule has 0 fully saturated rings. The largest absolute Gasteiger partial charge is 0.346 e. The van der Waals surface area contributed by atoms with Crippen LogP contribution >= 0.6 is 11.6 Å². The highest BCUT2D eigenvalue weighted by Crippen LogP contribution is 2.23. The molecule has 0 aliphatic rings. The minimum atomic E-state index is -0.112. The molecular weight excluding hydrogens is 350 g/mol. The van der Waals surface area contributed by atoms with Crippen LogP contribution in [-0.4, -0.2) is 14.7 Å². The van der Waals surface area contributed by atoms with Crippen LogP contribution in [0.3, 0.4) is 0 Å². The Kier molecular flexibility index (Phi) is 4.31. The Bertz CT molecular complexity index is 1130. The molecule has 0 aliphatic carbocycles. The van der Waals surface area contributed by atoms with Gasteiger partial charge in [-0.3, -0.25) is 4.79 Å². The van der Waals surface area contributed by atoms with Crippen molar-refractivity contribution in [1.29, 1.82) is 0 Å². The average Bonchev–Trinajstić information content (AvgIpc) is 3.15. The smallest absolute Gasteiger partial charge is 0.263 e. The van der Waals surface area contributed by atoms with Gasteiger partial charge >= 0.3 is 0 Å². The number of pyridine rings is 1. The predicted octanol–water partition coefficient (Wildman–Crippen LogP) is 4.78. The number of rotatable bonds is 4. The second-order valence-electron chi connectivity index (χ2n) is 6.01. The summed E-state index contributed by atoms with van der Waals surface area (Å²) in [4.78, 5) is 17.3. The van der Waals surface area contributed by atoms with Crippen molar-refractivity contribution in [3.8, 4) is 22.8 Å². The van der Waals surface area contributed by atoms with Gasteiger partial charge in [-0.1, -0.05) is 35.8 Å². The first-order chi connectivity index (χ1) is 12.7. The molecule has 0 saturated heterocycles. The van der Waals surface area contributed by atoms with E-state index in [9.17, 15) is 4.79 Å². The number of hydrogen-bond donors (Lipinski definition) is 0. The highest BCUT2D eigenvalue weighted by atomic mass is 35.5. The van der Waals surface area contributed by atoms with E-state index >= 15 is 0 Å². The quantitative estimate of drug-likeness (QED) is 0.522. The van der Waals surface area contributed by atoms with Crippen LogP contribution in [0, 0.1) is 0 Å². The fraction of sp³-hybridized carbons (Fsp3) is 0.150. The highest BCUT2D eigenvalue weighted by Gasteiger charge is 2.17. The third-order valence-electron chi connectivity index (χ3n) is 4.21. The molecule has 2 aromatic heterocycles. The van der Waals surface area contributed by atoms with E-state index in [1.165, 1.54) is 0 Å². The molecule has 0 radical (unpaired) electrons. The van der Waals surface area contributed by atoms with E-state index in [0.717, 1.165) is 24.0 Å². The number of aryl methyl sites for hydroxylation is 1. The van der Waals surface area contributed by atoms with Gasteiger partial charge in [-0.25, -0.2) is 0 Å². The zero-order chi connectivity index (χ0) is 18.1. The van der Waals surface area contributed by atoms with Crippen molar-refractivity contribution in [2.75, 3.05) is 0 Å². The number of benzene rings is 2. The molecule has 4 aromatic rings. The number of halogens is 1. The topological polar surface area (TPSA) is 60.9 Å². The molecule has 0 saturated carbocycles. The van der Waals surface area contributed by atoms with E-state index in [2.05, 4.69) is 21.6 Å². The number of hydrogen-bond acceptors (Lipinski definition) is 4. The first-order valence-electron chi connectivity index (χ1n) is 8.39. The number of para-hydroxylation sites is 1. The molecule has 26 heavy (non-hydrogen) atoms. The molecule has 6 heteroatoms. The lowest BCUT2D eigenvalue weighted by molar-refractivity contribution is 0.431. The first-order valence-corrected chi connectivity index (χ1v) is 8.77. The van der Waals surface area contributed by atoms with Crippen molar-refractivity contribution in [3.63, 3.8) is 0 Å². The van der Waals surface area contributed by atoms with Gasteiger partial charge in [0, 0.05) is 28.7 Å². The second kappa shape index (κ2) is 6.77. The predicted molar refractivity (Wildman–Crippen MR) is 102 cm³/mol. The Morgan fingerprint density at radius 3 is 2.65 bits per heavy atom. The maximum atomic E-state index is 12.9. The van der Waals surface area contributed by atoms with E-state index in [1.807, 2.05) is 36.4 Å². The molecular formula is C20H16ClN3O2. The van der Waals surface area contributed by atoms with Crippen LogP contribution in [0.5, 0.6) is 0 Å². The van der Waals surface area contributed by atoms with Gasteiger partial charge in [0.1, 0.15) is 5.56 Å². The Balaban J connectivity index is 1.86. The Labute approximate surface area is 154 Å². The highest BCUT2D eigenvalue weighted by molar-refractivity contribution is 6.30. The van der Waals surface area contributed by atoms with Gasteiger partial charge in [0.25, 0.3) is 5.89 Å². The molecule has 0 amide bonds. The van der Waals surface area contributed by atoms with Crippen LogP contribution in [0.4, 0.5) is 0 Å². The molecule has 0 bridgehead atoms. The van der Waals surface area contributed by atoms with Crippen molar-refractivity contribution >= 4 is 22.5 Å². The molecule has 0 N–H and O–H groups in total. The van der Waals surface area contributed by atoms with Gasteiger partial charge in [-0.2, -0.15) is 4.98 Å². The maximum Gasteiger partial charge on any atom is 0.263 e. The van der Waals surface area contributed by atoms with Crippen molar-refractivity contribution in [2.45, 2.75) is 19.9 Å². The van der Waals surface area contributed by atoms with Crippen LogP contribution in [0.25, 0.3) is 33.7 Å². The Morgan fingerprint density at radius 1 is 1.12 bits per heavy atom. The van der Waals surface area contributed by atoms with Gasteiger partial charge in [-0.15, -0.1) is 0 Å². The van der Waals surface area contributed by atoms with E-state index in [-0.39, 0.29) is 11.3 Å². The van der Waals surface area contributed by atoms with E-state index in [4.69, 9.17) is 16.1 Å². The van der Waals surface area contributed by atoms with E-state index in [0.29, 0.717) is 21.8 Å². The van der Waals surface area contributed by atoms with Gasteiger partial charge in [0.15, 0.2) is 0 Å². The average molecular weight is 366 g/mol. The third kappa shape index (κ3) is 2.91. The van der Waals surface area contributed by atoms with Gasteiger partial charge in [0.05, 0.1) is 5.52 Å². The lowest BCUT2D eigenvalue weighted by Crippen LogP contribution is -2.12. The van der Waals surface area contributed by atoms with Gasteiger partial charge < -0.3 is 9.09 Å². The van der Waals surface area contributed by atoms with Gasteiger partial charge in [0.2, 0.25) is 11.3 Å². The summed E-state index contributed by atoms with van der Waals surface area (Å²) in [6.07, 6.45) is 2.75. The molecule has 0 unspecified atom stereocenters. The number of nitrogens with zero attached hydrogens (tertiary/aromatic N) is 3. The summed E-state index contributed by atoms with van der Waals surface area (Å²) in [6, 6.07) is 14.7. The Hall–Kier alpha value is -2.92. The molecule has 130 valence electrons. The molecule has 2 heterocycles. The first kappa shape index (κ1) is 16.5. The second-order valence-corrected chi connectivity index (χ2v) is 6.45. The Morgan fingerprint density at radius 2 is 1.88 bits per heavy atom. The van der Waals surface area contributed by atoms with Crippen molar-refractivity contribution < 1.29 is 4.52 Å². The summed E-state index contributed by atoms with van der Waals surface area (Å²) in [5, 5.41) is 5.29. The van der Waals surface area contributed by atoms with E-state index in [1.54, 1.807) is 18.3 Å². The van der Waals surface area contributed by atoms with Crippen molar-refractivity contribution in [1.82, 2.24) is 14.7 Å². The minimum absolute atomic E-state index is 0.112. The number of fused-ring (bicyclic) bond motifs is 1. The summed E-state index contributed by atoms with van der Waals surface area (Å²) >= 11 is 5.92. The van der Waals surface area contributed by atoms with E-state index < -0.39 is 0 Å². The molecule has 5 nitrogen and oxygen atoms in total. The number of aromatic nitrogens is 3. The molecule has 0 spiro atoms.